The number of furan rings is 2. The molecule has 6 heteroatoms. The summed E-state index contributed by atoms with van der Waals surface area (Å²) in [5.74, 6) is 0. The van der Waals surface area contributed by atoms with E-state index in [0.717, 1.165) is 60.6 Å². The fourth-order valence-corrected chi connectivity index (χ4v) is 9.08. The van der Waals surface area contributed by atoms with Gasteiger partial charge < -0.3 is 8.83 Å². The predicted octanol–water partition coefficient (Wildman–Crippen LogP) is 11.7. The molecule has 1 aliphatic heterocycles. The molecule has 1 aliphatic rings. The van der Waals surface area contributed by atoms with Crippen LogP contribution in [0.4, 0.5) is 0 Å². The van der Waals surface area contributed by atoms with E-state index in [1.54, 1.807) is 0 Å². The van der Waals surface area contributed by atoms with Crippen molar-refractivity contribution in [3.63, 3.8) is 0 Å². The lowest BCUT2D eigenvalue weighted by molar-refractivity contribution is 0.203. The maximum atomic E-state index is 6.62. The Morgan fingerprint density at radius 1 is 0.392 bits per heavy atom. The van der Waals surface area contributed by atoms with Crippen molar-refractivity contribution in [1.82, 2.24) is 16.0 Å². The largest absolute Gasteiger partial charge is 0.456 e. The normalized spacial score (nSPS) is 18.2. The van der Waals surface area contributed by atoms with Crippen molar-refractivity contribution >= 4 is 75.4 Å². The van der Waals surface area contributed by atoms with Crippen LogP contribution in [0.25, 0.3) is 75.2 Å². The summed E-state index contributed by atoms with van der Waals surface area (Å²) in [6.07, 6.45) is -0.302. The van der Waals surface area contributed by atoms with Crippen molar-refractivity contribution in [2.45, 2.75) is 18.5 Å². The molecule has 3 unspecified atom stereocenters. The molecule has 3 atom stereocenters. The van der Waals surface area contributed by atoms with E-state index in [4.69, 9.17) is 8.83 Å². The first kappa shape index (κ1) is 29.0. The van der Waals surface area contributed by atoms with E-state index in [1.165, 1.54) is 31.3 Å². The lowest BCUT2D eigenvalue weighted by Gasteiger charge is -2.39. The van der Waals surface area contributed by atoms with Crippen molar-refractivity contribution in [3.05, 3.63) is 168 Å². The highest BCUT2D eigenvalue weighted by molar-refractivity contribution is 7.25. The third-order valence-corrected chi connectivity index (χ3v) is 11.6. The first-order valence-electron chi connectivity index (χ1n) is 17.4. The second kappa shape index (κ2) is 11.4. The molecule has 10 aromatic rings. The van der Waals surface area contributed by atoms with Crippen LogP contribution in [0.1, 0.15) is 35.2 Å². The van der Waals surface area contributed by atoms with Crippen LogP contribution in [0.15, 0.2) is 160 Å². The highest BCUT2D eigenvalue weighted by Gasteiger charge is 2.30. The van der Waals surface area contributed by atoms with Gasteiger partial charge in [-0.05, 0) is 58.7 Å². The van der Waals surface area contributed by atoms with Crippen molar-refractivity contribution < 1.29 is 8.83 Å². The maximum Gasteiger partial charge on any atom is 0.143 e. The van der Waals surface area contributed by atoms with Crippen LogP contribution < -0.4 is 16.0 Å². The van der Waals surface area contributed by atoms with Gasteiger partial charge in [-0.1, -0.05) is 115 Å². The van der Waals surface area contributed by atoms with Crippen molar-refractivity contribution in [3.8, 4) is 11.1 Å². The van der Waals surface area contributed by atoms with Gasteiger partial charge in [0, 0.05) is 47.3 Å². The molecule has 3 N–H and O–H groups in total. The van der Waals surface area contributed by atoms with E-state index >= 15 is 0 Å². The van der Waals surface area contributed by atoms with E-state index in [2.05, 4.69) is 155 Å². The first-order chi connectivity index (χ1) is 25.2. The van der Waals surface area contributed by atoms with Crippen LogP contribution in [0.5, 0.6) is 0 Å². The number of thiophene rings is 1. The highest BCUT2D eigenvalue weighted by Crippen LogP contribution is 2.42. The number of hydrogen-bond acceptors (Lipinski definition) is 6. The van der Waals surface area contributed by atoms with E-state index in [-0.39, 0.29) is 18.5 Å². The van der Waals surface area contributed by atoms with Gasteiger partial charge in [0.1, 0.15) is 22.3 Å². The molecule has 0 spiro atoms. The van der Waals surface area contributed by atoms with Gasteiger partial charge in [-0.3, -0.25) is 16.0 Å². The average molecular weight is 678 g/mol. The van der Waals surface area contributed by atoms with Crippen LogP contribution >= 0.6 is 11.3 Å². The zero-order valence-corrected chi connectivity index (χ0v) is 28.2. The SMILES string of the molecule is c1ccc(C2NC(c3ccc4c(c3)oc3cccc(-c5cccc6c5oc5ccccc56)c34)NC(c3ccc4sc5ccccc5c4c3)N2)cc1. The topological polar surface area (TPSA) is 62.4 Å². The molecule has 11 rings (SSSR count). The Balaban J connectivity index is 1.01. The number of rotatable bonds is 4. The van der Waals surface area contributed by atoms with Crippen molar-refractivity contribution in [2.24, 2.45) is 0 Å². The maximum absolute atomic E-state index is 6.62. The van der Waals surface area contributed by atoms with E-state index < -0.39 is 0 Å². The third-order valence-electron chi connectivity index (χ3n) is 10.4. The molecule has 4 heterocycles. The molecule has 0 bridgehead atoms. The minimum absolute atomic E-state index is 0.0698. The van der Waals surface area contributed by atoms with Gasteiger partial charge in [-0.15, -0.1) is 11.3 Å². The zero-order chi connectivity index (χ0) is 33.5. The molecular weight excluding hydrogens is 647 g/mol. The van der Waals surface area contributed by atoms with Gasteiger partial charge in [-0.2, -0.15) is 0 Å². The Morgan fingerprint density at radius 2 is 1.04 bits per heavy atom. The van der Waals surface area contributed by atoms with Crippen molar-refractivity contribution in [1.29, 1.82) is 0 Å². The number of nitrogens with one attached hydrogen (secondary N) is 3. The molecule has 0 saturated carbocycles. The molecule has 1 fully saturated rings. The Hall–Kier alpha value is -5.76. The van der Waals surface area contributed by atoms with Gasteiger partial charge in [0.05, 0.1) is 18.5 Å². The fourth-order valence-electron chi connectivity index (χ4n) is 8.00. The number of hydrogen-bond donors (Lipinski definition) is 3. The summed E-state index contributed by atoms with van der Waals surface area (Å²) in [6.45, 7) is 0. The molecule has 7 aromatic carbocycles. The predicted molar refractivity (Wildman–Crippen MR) is 210 cm³/mol. The molecule has 0 amide bonds. The summed E-state index contributed by atoms with van der Waals surface area (Å²) in [4.78, 5) is 0. The monoisotopic (exact) mass is 677 g/mol. The van der Waals surface area contributed by atoms with Crippen LogP contribution in [0.2, 0.25) is 0 Å². The Bertz CT molecular complexity index is 2940. The lowest BCUT2D eigenvalue weighted by atomic mass is 9.97. The van der Waals surface area contributed by atoms with E-state index in [1.807, 2.05) is 23.5 Å². The number of para-hydroxylation sites is 2. The second-order valence-electron chi connectivity index (χ2n) is 13.4. The van der Waals surface area contributed by atoms with Gasteiger partial charge >= 0.3 is 0 Å². The van der Waals surface area contributed by atoms with Crippen LogP contribution in [0.3, 0.4) is 0 Å². The summed E-state index contributed by atoms with van der Waals surface area (Å²) in [6, 6.07) is 53.7. The summed E-state index contributed by atoms with van der Waals surface area (Å²) >= 11 is 1.85. The summed E-state index contributed by atoms with van der Waals surface area (Å²) in [7, 11) is 0. The van der Waals surface area contributed by atoms with Gasteiger partial charge in [-0.25, -0.2) is 0 Å². The number of fused-ring (bicyclic) bond motifs is 9. The molecule has 0 radical (unpaired) electrons. The third kappa shape index (κ3) is 4.65. The van der Waals surface area contributed by atoms with Crippen LogP contribution in [-0.2, 0) is 0 Å². The molecule has 244 valence electrons. The first-order valence-corrected chi connectivity index (χ1v) is 18.2. The average Bonchev–Trinajstić information content (AvgIpc) is 3.88. The summed E-state index contributed by atoms with van der Waals surface area (Å²) in [5, 5.41) is 18.6. The second-order valence-corrected chi connectivity index (χ2v) is 14.5. The van der Waals surface area contributed by atoms with E-state index in [0.29, 0.717) is 0 Å². The Kier molecular flexibility index (Phi) is 6.48. The lowest BCUT2D eigenvalue weighted by Crippen LogP contribution is -2.54. The molecule has 51 heavy (non-hydrogen) atoms. The Labute approximate surface area is 297 Å². The minimum Gasteiger partial charge on any atom is -0.456 e. The smallest absolute Gasteiger partial charge is 0.143 e. The summed E-state index contributed by atoms with van der Waals surface area (Å²) < 4.78 is 15.7. The molecule has 1 saturated heterocycles. The standard InChI is InChI=1S/C45H31N3O2S/c1-2-10-26(11-3-1)43-46-44(27-21-23-40-35(24-27)30-13-5-7-19-39(30)51-40)48-45(47-43)28-20-22-34-38(25-28)49-37-18-9-14-31(41(34)37)33-16-8-15-32-29-12-4-6-17-36(29)50-42(32)33/h1-25,43-48H. The van der Waals surface area contributed by atoms with Crippen LogP contribution in [0, 0.1) is 0 Å². The highest BCUT2D eigenvalue weighted by atomic mass is 32.1. The quantitative estimate of drug-likeness (QED) is 0.173. The van der Waals surface area contributed by atoms with Gasteiger partial charge in [0.25, 0.3) is 0 Å². The fraction of sp³-hybridized carbons (Fsp3) is 0.0667. The molecular formula is C45H31N3O2S. The zero-order valence-electron chi connectivity index (χ0n) is 27.4. The Morgan fingerprint density at radius 3 is 1.92 bits per heavy atom. The van der Waals surface area contributed by atoms with E-state index in [9.17, 15) is 0 Å². The minimum atomic E-state index is -0.141. The summed E-state index contributed by atoms with van der Waals surface area (Å²) in [5.41, 5.74) is 9.16. The van der Waals surface area contributed by atoms with Gasteiger partial charge in [0.15, 0.2) is 0 Å². The van der Waals surface area contributed by atoms with Crippen molar-refractivity contribution in [2.75, 3.05) is 0 Å². The molecule has 3 aromatic heterocycles. The number of benzene rings is 7. The van der Waals surface area contributed by atoms with Gasteiger partial charge in [0.2, 0.25) is 0 Å². The molecule has 0 aliphatic carbocycles. The van der Waals surface area contributed by atoms with Crippen LogP contribution in [-0.4, -0.2) is 0 Å². The molecule has 5 nitrogen and oxygen atoms in total.